The summed E-state index contributed by atoms with van der Waals surface area (Å²) >= 11 is 0. The first kappa shape index (κ1) is 14.8. The van der Waals surface area contributed by atoms with E-state index in [1.807, 2.05) is 0 Å². The van der Waals surface area contributed by atoms with Gasteiger partial charge in [0.25, 0.3) is 5.56 Å². The molecule has 0 aromatic carbocycles. The van der Waals surface area contributed by atoms with Crippen LogP contribution in [0, 0.1) is 0 Å². The van der Waals surface area contributed by atoms with Gasteiger partial charge in [0.05, 0.1) is 5.39 Å². The molecular formula is C15H14N4O4. The number of fused-ring (bicyclic) bond motifs is 2. The molecule has 0 radical (unpaired) electrons. The zero-order valence-electron chi connectivity index (χ0n) is 12.3. The Balaban J connectivity index is 2.23. The van der Waals surface area contributed by atoms with Crippen LogP contribution >= 0.6 is 0 Å². The lowest BCUT2D eigenvalue weighted by molar-refractivity contribution is -0.118. The van der Waals surface area contributed by atoms with E-state index in [0.29, 0.717) is 11.3 Å². The van der Waals surface area contributed by atoms with Crippen molar-refractivity contribution in [2.75, 3.05) is 6.54 Å². The molecular weight excluding hydrogens is 300 g/mol. The molecule has 0 fully saturated rings. The normalized spacial score (nSPS) is 11.0. The zero-order chi connectivity index (χ0) is 16.6. The highest BCUT2D eigenvalue weighted by atomic mass is 16.4. The number of carboxylic acids is 1. The van der Waals surface area contributed by atoms with Crippen LogP contribution in [0.1, 0.15) is 17.4 Å². The van der Waals surface area contributed by atoms with Crippen LogP contribution in [0.3, 0.4) is 0 Å². The fraction of sp³-hybridized carbons (Fsp3) is 0.200. The molecule has 0 aliphatic heterocycles. The summed E-state index contributed by atoms with van der Waals surface area (Å²) < 4.78 is 2.80. The van der Waals surface area contributed by atoms with Crippen molar-refractivity contribution in [3.05, 3.63) is 46.5 Å². The van der Waals surface area contributed by atoms with E-state index in [9.17, 15) is 19.5 Å². The van der Waals surface area contributed by atoms with Gasteiger partial charge in [0.1, 0.15) is 17.0 Å². The first-order valence-corrected chi connectivity index (χ1v) is 6.97. The monoisotopic (exact) mass is 314 g/mol. The van der Waals surface area contributed by atoms with Gasteiger partial charge in [-0.2, -0.15) is 0 Å². The molecule has 0 bridgehead atoms. The number of aromatic nitrogens is 3. The van der Waals surface area contributed by atoms with E-state index >= 15 is 0 Å². The number of nitrogens with one attached hydrogen (secondary N) is 1. The average Bonchev–Trinajstić information content (AvgIpc) is 2.87. The molecule has 3 aromatic heterocycles. The second-order valence-corrected chi connectivity index (χ2v) is 5.05. The molecule has 3 rings (SSSR count). The van der Waals surface area contributed by atoms with Crippen molar-refractivity contribution in [1.29, 1.82) is 0 Å². The number of nitrogens with zero attached hydrogens (tertiary/aromatic N) is 3. The minimum Gasteiger partial charge on any atom is -0.477 e. The fourth-order valence-electron chi connectivity index (χ4n) is 2.50. The lowest BCUT2D eigenvalue weighted by atomic mass is 10.3. The Morgan fingerprint density at radius 1 is 1.35 bits per heavy atom. The van der Waals surface area contributed by atoms with E-state index < -0.39 is 5.97 Å². The standard InChI is InChI=1S/C15H14N4O4/c1-9(20)16-5-7-18-11(15(22)23)8-10-13(18)17-12-4-2-3-6-19(12)14(10)21/h2-4,6,8H,5,7H2,1H3,(H,16,20)(H,22,23). The van der Waals surface area contributed by atoms with Crippen LogP contribution in [-0.4, -0.2) is 37.5 Å². The molecule has 0 saturated heterocycles. The summed E-state index contributed by atoms with van der Waals surface area (Å²) in [5.74, 6) is -1.36. The molecule has 0 saturated carbocycles. The van der Waals surface area contributed by atoms with Crippen molar-refractivity contribution in [3.8, 4) is 0 Å². The van der Waals surface area contributed by atoms with Gasteiger partial charge in [-0.1, -0.05) is 6.07 Å². The summed E-state index contributed by atoms with van der Waals surface area (Å²) in [6.45, 7) is 1.83. The number of hydrogen-bond acceptors (Lipinski definition) is 4. The maximum atomic E-state index is 12.5. The summed E-state index contributed by atoms with van der Waals surface area (Å²) in [5, 5.41) is 12.2. The third kappa shape index (κ3) is 2.54. The van der Waals surface area contributed by atoms with Crippen LogP contribution in [0.2, 0.25) is 0 Å². The van der Waals surface area contributed by atoms with E-state index in [1.165, 1.54) is 22.0 Å². The molecule has 0 unspecified atom stereocenters. The molecule has 118 valence electrons. The van der Waals surface area contributed by atoms with Crippen molar-refractivity contribution >= 4 is 28.6 Å². The van der Waals surface area contributed by atoms with Gasteiger partial charge in [0.15, 0.2) is 0 Å². The topological polar surface area (TPSA) is 106 Å². The molecule has 8 heteroatoms. The highest BCUT2D eigenvalue weighted by Gasteiger charge is 2.18. The molecule has 2 N–H and O–H groups in total. The van der Waals surface area contributed by atoms with Gasteiger partial charge in [-0.25, -0.2) is 9.78 Å². The molecule has 3 heterocycles. The van der Waals surface area contributed by atoms with Crippen molar-refractivity contribution in [2.45, 2.75) is 13.5 Å². The van der Waals surface area contributed by atoms with Crippen LogP contribution in [0.15, 0.2) is 35.3 Å². The predicted molar refractivity (Wildman–Crippen MR) is 82.6 cm³/mol. The molecule has 3 aromatic rings. The number of carbonyl (C=O) groups is 2. The first-order valence-electron chi connectivity index (χ1n) is 6.97. The van der Waals surface area contributed by atoms with Gasteiger partial charge in [0.2, 0.25) is 5.91 Å². The smallest absolute Gasteiger partial charge is 0.352 e. The van der Waals surface area contributed by atoms with Crippen LogP contribution in [0.5, 0.6) is 0 Å². The number of amides is 1. The molecule has 0 aliphatic rings. The molecule has 0 atom stereocenters. The Labute approximate surface area is 130 Å². The highest BCUT2D eigenvalue weighted by Crippen LogP contribution is 2.16. The lowest BCUT2D eigenvalue weighted by Crippen LogP contribution is -2.25. The van der Waals surface area contributed by atoms with Crippen LogP contribution in [-0.2, 0) is 11.3 Å². The second kappa shape index (κ2) is 5.56. The van der Waals surface area contributed by atoms with Gasteiger partial charge in [-0.3, -0.25) is 14.0 Å². The summed E-state index contributed by atoms with van der Waals surface area (Å²) in [6, 6.07) is 6.44. The highest BCUT2D eigenvalue weighted by molar-refractivity contribution is 5.93. The quantitative estimate of drug-likeness (QED) is 0.729. The average molecular weight is 314 g/mol. The fourth-order valence-corrected chi connectivity index (χ4v) is 2.50. The van der Waals surface area contributed by atoms with Crippen molar-refractivity contribution in [3.63, 3.8) is 0 Å². The summed E-state index contributed by atoms with van der Waals surface area (Å²) in [4.78, 5) is 39.3. The largest absolute Gasteiger partial charge is 0.477 e. The van der Waals surface area contributed by atoms with E-state index in [-0.39, 0.29) is 35.6 Å². The number of carbonyl (C=O) groups excluding carboxylic acids is 1. The number of carboxylic acid groups (broad SMARTS) is 1. The van der Waals surface area contributed by atoms with Gasteiger partial charge in [0, 0.05) is 26.2 Å². The van der Waals surface area contributed by atoms with Gasteiger partial charge in [-0.05, 0) is 18.2 Å². The van der Waals surface area contributed by atoms with Crippen molar-refractivity contribution < 1.29 is 14.7 Å². The zero-order valence-corrected chi connectivity index (χ0v) is 12.3. The summed E-state index contributed by atoms with van der Waals surface area (Å²) in [6.07, 6.45) is 1.58. The van der Waals surface area contributed by atoms with E-state index in [1.54, 1.807) is 24.4 Å². The van der Waals surface area contributed by atoms with E-state index in [0.717, 1.165) is 0 Å². The molecule has 0 spiro atoms. The number of rotatable bonds is 4. The van der Waals surface area contributed by atoms with E-state index in [4.69, 9.17) is 0 Å². The Hall–Kier alpha value is -3.16. The number of hydrogen-bond donors (Lipinski definition) is 2. The third-order valence-corrected chi connectivity index (χ3v) is 3.50. The Bertz CT molecular complexity index is 986. The Kier molecular flexibility index (Phi) is 3.57. The molecule has 0 aliphatic carbocycles. The maximum Gasteiger partial charge on any atom is 0.352 e. The summed E-state index contributed by atoms with van der Waals surface area (Å²) in [5.41, 5.74) is 0.363. The number of pyridine rings is 1. The van der Waals surface area contributed by atoms with E-state index in [2.05, 4.69) is 10.3 Å². The molecule has 1 amide bonds. The van der Waals surface area contributed by atoms with Crippen LogP contribution < -0.4 is 10.9 Å². The maximum absolute atomic E-state index is 12.5. The third-order valence-electron chi connectivity index (χ3n) is 3.50. The Morgan fingerprint density at radius 2 is 2.13 bits per heavy atom. The van der Waals surface area contributed by atoms with Gasteiger partial charge < -0.3 is 15.0 Å². The van der Waals surface area contributed by atoms with Gasteiger partial charge >= 0.3 is 5.97 Å². The molecule has 8 nitrogen and oxygen atoms in total. The minimum atomic E-state index is -1.15. The van der Waals surface area contributed by atoms with Crippen LogP contribution in [0.25, 0.3) is 16.7 Å². The van der Waals surface area contributed by atoms with Crippen LogP contribution in [0.4, 0.5) is 0 Å². The lowest BCUT2D eigenvalue weighted by Gasteiger charge is -2.08. The second-order valence-electron chi connectivity index (χ2n) is 5.05. The predicted octanol–water partition coefficient (Wildman–Crippen LogP) is 0.483. The van der Waals surface area contributed by atoms with Gasteiger partial charge in [-0.15, -0.1) is 0 Å². The Morgan fingerprint density at radius 3 is 2.83 bits per heavy atom. The SMILES string of the molecule is CC(=O)NCCn1c(C(=O)O)cc2c(=O)n3ccccc3nc21. The number of aromatic carboxylic acids is 1. The van der Waals surface area contributed by atoms with Crippen molar-refractivity contribution in [1.82, 2.24) is 19.3 Å². The molecule has 23 heavy (non-hydrogen) atoms. The summed E-state index contributed by atoms with van der Waals surface area (Å²) in [7, 11) is 0. The van der Waals surface area contributed by atoms with Crippen molar-refractivity contribution in [2.24, 2.45) is 0 Å². The first-order chi connectivity index (χ1) is 11.0. The minimum absolute atomic E-state index is 0.0362.